The standard InChI is InChI=1S/C14H15NO4S/c1-2-9-20(18,19)15-12-8-7-10-5-3-4-6-11(10)13(12)14(16)17/h3-8,15H,2,9H2,1H3,(H,16,17). The highest BCUT2D eigenvalue weighted by Gasteiger charge is 2.18. The lowest BCUT2D eigenvalue weighted by molar-refractivity contribution is 0.0700. The zero-order chi connectivity index (χ0) is 14.8. The smallest absolute Gasteiger partial charge is 0.338 e. The minimum absolute atomic E-state index is 0.0252. The van der Waals surface area contributed by atoms with Crippen LogP contribution in [0.4, 0.5) is 5.69 Å². The summed E-state index contributed by atoms with van der Waals surface area (Å²) in [4.78, 5) is 11.4. The van der Waals surface area contributed by atoms with Crippen LogP contribution >= 0.6 is 0 Å². The molecule has 6 heteroatoms. The molecule has 5 nitrogen and oxygen atoms in total. The first-order valence-corrected chi connectivity index (χ1v) is 7.85. The number of anilines is 1. The molecule has 2 aromatic carbocycles. The second-order valence-corrected chi connectivity index (χ2v) is 6.28. The molecule has 20 heavy (non-hydrogen) atoms. The molecule has 0 saturated carbocycles. The minimum Gasteiger partial charge on any atom is -0.478 e. The van der Waals surface area contributed by atoms with Crippen molar-refractivity contribution in [3.63, 3.8) is 0 Å². The number of rotatable bonds is 5. The lowest BCUT2D eigenvalue weighted by atomic mass is 10.0. The number of benzene rings is 2. The fourth-order valence-corrected chi connectivity index (χ4v) is 3.22. The Hall–Kier alpha value is -2.08. The predicted molar refractivity (Wildman–Crippen MR) is 78.6 cm³/mol. The number of sulfonamides is 1. The van der Waals surface area contributed by atoms with Gasteiger partial charge >= 0.3 is 5.97 Å². The van der Waals surface area contributed by atoms with Crippen LogP contribution in [0, 0.1) is 0 Å². The quantitative estimate of drug-likeness (QED) is 0.887. The van der Waals surface area contributed by atoms with E-state index in [0.717, 1.165) is 5.39 Å². The average molecular weight is 293 g/mol. The summed E-state index contributed by atoms with van der Waals surface area (Å²) in [5.74, 6) is -1.20. The van der Waals surface area contributed by atoms with Crippen LogP contribution in [-0.2, 0) is 10.0 Å². The van der Waals surface area contributed by atoms with E-state index < -0.39 is 16.0 Å². The van der Waals surface area contributed by atoms with Gasteiger partial charge in [0.2, 0.25) is 10.0 Å². The van der Waals surface area contributed by atoms with Crippen LogP contribution in [0.25, 0.3) is 10.8 Å². The van der Waals surface area contributed by atoms with Gasteiger partial charge in [0.1, 0.15) is 0 Å². The van der Waals surface area contributed by atoms with Crippen molar-refractivity contribution >= 4 is 32.5 Å². The molecular weight excluding hydrogens is 278 g/mol. The molecule has 0 saturated heterocycles. The number of hydrogen-bond acceptors (Lipinski definition) is 3. The Morgan fingerprint density at radius 2 is 1.90 bits per heavy atom. The average Bonchev–Trinajstić information content (AvgIpc) is 2.37. The van der Waals surface area contributed by atoms with Crippen LogP contribution in [0.1, 0.15) is 23.7 Å². The summed E-state index contributed by atoms with van der Waals surface area (Å²) in [5.41, 5.74) is 0.0763. The van der Waals surface area contributed by atoms with E-state index in [-0.39, 0.29) is 17.0 Å². The van der Waals surface area contributed by atoms with Gasteiger partial charge in [-0.3, -0.25) is 4.72 Å². The van der Waals surface area contributed by atoms with Crippen molar-refractivity contribution in [1.29, 1.82) is 0 Å². The summed E-state index contributed by atoms with van der Waals surface area (Å²) >= 11 is 0. The number of carbonyl (C=O) groups is 1. The zero-order valence-corrected chi connectivity index (χ0v) is 11.8. The predicted octanol–water partition coefficient (Wildman–Crippen LogP) is 2.69. The lowest BCUT2D eigenvalue weighted by Crippen LogP contribution is -2.18. The van der Waals surface area contributed by atoms with Crippen LogP contribution in [-0.4, -0.2) is 25.2 Å². The van der Waals surface area contributed by atoms with Gasteiger partial charge in [-0.15, -0.1) is 0 Å². The normalized spacial score (nSPS) is 11.4. The van der Waals surface area contributed by atoms with Crippen LogP contribution in [0.15, 0.2) is 36.4 Å². The number of aromatic carboxylic acids is 1. The number of carboxylic acid groups (broad SMARTS) is 1. The molecule has 0 bridgehead atoms. The fourth-order valence-electron chi connectivity index (χ4n) is 2.07. The number of fused-ring (bicyclic) bond motifs is 1. The Kier molecular flexibility index (Phi) is 3.94. The Morgan fingerprint density at radius 3 is 2.55 bits per heavy atom. The third kappa shape index (κ3) is 2.91. The van der Waals surface area contributed by atoms with Gasteiger partial charge < -0.3 is 5.11 Å². The Labute approximate surface area is 117 Å². The van der Waals surface area contributed by atoms with E-state index in [4.69, 9.17) is 0 Å². The Balaban J connectivity index is 2.59. The number of nitrogens with one attached hydrogen (secondary N) is 1. The van der Waals surface area contributed by atoms with Crippen LogP contribution in [0.5, 0.6) is 0 Å². The van der Waals surface area contributed by atoms with Gasteiger partial charge in [0, 0.05) is 0 Å². The highest BCUT2D eigenvalue weighted by atomic mass is 32.2. The summed E-state index contributed by atoms with van der Waals surface area (Å²) in [5, 5.41) is 10.6. The monoisotopic (exact) mass is 293 g/mol. The molecule has 0 spiro atoms. The lowest BCUT2D eigenvalue weighted by Gasteiger charge is -2.12. The van der Waals surface area contributed by atoms with Gasteiger partial charge in [0.05, 0.1) is 17.0 Å². The first-order valence-electron chi connectivity index (χ1n) is 6.20. The summed E-state index contributed by atoms with van der Waals surface area (Å²) in [6, 6.07) is 10.2. The molecule has 2 N–H and O–H groups in total. The van der Waals surface area contributed by atoms with Gasteiger partial charge in [-0.25, -0.2) is 13.2 Å². The summed E-state index contributed by atoms with van der Waals surface area (Å²) in [6.07, 6.45) is 0.464. The van der Waals surface area contributed by atoms with E-state index in [1.807, 2.05) is 0 Å². The number of carboxylic acids is 1. The van der Waals surface area contributed by atoms with E-state index in [1.54, 1.807) is 37.3 Å². The first kappa shape index (κ1) is 14.3. The summed E-state index contributed by atoms with van der Waals surface area (Å²) < 4.78 is 26.0. The van der Waals surface area contributed by atoms with E-state index in [2.05, 4.69) is 4.72 Å². The summed E-state index contributed by atoms with van der Waals surface area (Å²) in [6.45, 7) is 1.75. The maximum Gasteiger partial charge on any atom is 0.338 e. The van der Waals surface area contributed by atoms with Crippen molar-refractivity contribution in [2.45, 2.75) is 13.3 Å². The van der Waals surface area contributed by atoms with E-state index >= 15 is 0 Å². The molecule has 0 amide bonds. The molecule has 0 unspecified atom stereocenters. The van der Waals surface area contributed by atoms with Crippen LogP contribution in [0.2, 0.25) is 0 Å². The van der Waals surface area contributed by atoms with Crippen molar-refractivity contribution in [3.8, 4) is 0 Å². The van der Waals surface area contributed by atoms with E-state index in [0.29, 0.717) is 11.8 Å². The molecule has 0 aliphatic rings. The molecule has 0 fully saturated rings. The summed E-state index contributed by atoms with van der Waals surface area (Å²) in [7, 11) is -3.52. The Bertz CT molecular complexity index is 753. The van der Waals surface area contributed by atoms with Gasteiger partial charge in [0.25, 0.3) is 0 Å². The van der Waals surface area contributed by atoms with Crippen molar-refractivity contribution in [2.24, 2.45) is 0 Å². The Morgan fingerprint density at radius 1 is 1.20 bits per heavy atom. The second kappa shape index (κ2) is 5.50. The maximum absolute atomic E-state index is 11.8. The van der Waals surface area contributed by atoms with Gasteiger partial charge in [-0.1, -0.05) is 37.3 Å². The van der Waals surface area contributed by atoms with Gasteiger partial charge in [-0.2, -0.15) is 0 Å². The molecule has 106 valence electrons. The molecule has 2 aromatic rings. The topological polar surface area (TPSA) is 83.5 Å². The molecule has 0 aromatic heterocycles. The third-order valence-corrected chi connectivity index (χ3v) is 4.36. The van der Waals surface area contributed by atoms with Gasteiger partial charge in [0.15, 0.2) is 0 Å². The SMILES string of the molecule is CCCS(=O)(=O)Nc1ccc2ccccc2c1C(=O)O. The van der Waals surface area contributed by atoms with Crippen molar-refractivity contribution in [2.75, 3.05) is 10.5 Å². The van der Waals surface area contributed by atoms with Crippen molar-refractivity contribution in [1.82, 2.24) is 0 Å². The van der Waals surface area contributed by atoms with Crippen LogP contribution in [0.3, 0.4) is 0 Å². The first-order chi connectivity index (χ1) is 9.44. The van der Waals surface area contributed by atoms with Crippen molar-refractivity contribution in [3.05, 3.63) is 42.0 Å². The third-order valence-electron chi connectivity index (χ3n) is 2.88. The zero-order valence-electron chi connectivity index (χ0n) is 11.0. The van der Waals surface area contributed by atoms with E-state index in [1.165, 1.54) is 6.07 Å². The highest BCUT2D eigenvalue weighted by Crippen LogP contribution is 2.27. The molecule has 0 atom stereocenters. The second-order valence-electron chi connectivity index (χ2n) is 4.44. The fraction of sp³-hybridized carbons (Fsp3) is 0.214. The highest BCUT2D eigenvalue weighted by molar-refractivity contribution is 7.92. The van der Waals surface area contributed by atoms with Crippen molar-refractivity contribution < 1.29 is 18.3 Å². The molecular formula is C14H15NO4S. The largest absolute Gasteiger partial charge is 0.478 e. The molecule has 0 radical (unpaired) electrons. The maximum atomic E-state index is 11.8. The molecule has 2 rings (SSSR count). The van der Waals surface area contributed by atoms with Crippen LogP contribution < -0.4 is 4.72 Å². The molecule has 0 heterocycles. The number of hydrogen-bond donors (Lipinski definition) is 2. The van der Waals surface area contributed by atoms with E-state index in [9.17, 15) is 18.3 Å². The minimum atomic E-state index is -3.52. The van der Waals surface area contributed by atoms with Gasteiger partial charge in [-0.05, 0) is 23.3 Å². The molecule has 0 aliphatic carbocycles. The molecule has 0 aliphatic heterocycles.